The Kier molecular flexibility index (Phi) is 3.87. The van der Waals surface area contributed by atoms with E-state index >= 15 is 0 Å². The van der Waals surface area contributed by atoms with Gasteiger partial charge in [0.25, 0.3) is 0 Å². The van der Waals surface area contributed by atoms with Gasteiger partial charge in [0.2, 0.25) is 6.41 Å². The van der Waals surface area contributed by atoms with Crippen molar-refractivity contribution in [1.82, 2.24) is 5.32 Å². The third kappa shape index (κ3) is 2.72. The summed E-state index contributed by atoms with van der Waals surface area (Å²) in [6.45, 7) is 1.47. The van der Waals surface area contributed by atoms with Crippen molar-refractivity contribution in [2.45, 2.75) is 12.3 Å². The first-order valence-corrected chi connectivity index (χ1v) is 3.21. The van der Waals surface area contributed by atoms with Crippen LogP contribution < -0.4 is 5.32 Å². The summed E-state index contributed by atoms with van der Waals surface area (Å²) in [5.74, 6) is -1.65. The summed E-state index contributed by atoms with van der Waals surface area (Å²) >= 11 is 3.82. The van der Waals surface area contributed by atoms with Gasteiger partial charge in [-0.3, -0.25) is 9.59 Å². The zero-order valence-electron chi connectivity index (χ0n) is 5.44. The fourth-order valence-corrected chi connectivity index (χ4v) is 0.537. The van der Waals surface area contributed by atoms with Crippen molar-refractivity contribution in [3.8, 4) is 0 Å². The van der Waals surface area contributed by atoms with Crippen molar-refractivity contribution >= 4 is 25.0 Å². The zero-order valence-corrected chi connectivity index (χ0v) is 6.34. The Morgan fingerprint density at radius 3 is 2.60 bits per heavy atom. The summed E-state index contributed by atoms with van der Waals surface area (Å²) in [4.78, 5) is 20.0. The summed E-state index contributed by atoms with van der Waals surface area (Å²) in [6.07, 6.45) is 0.428. The quantitative estimate of drug-likeness (QED) is 0.303. The molecule has 0 aromatic carbocycles. The number of amides is 1. The molecule has 0 saturated heterocycles. The average molecular weight is 163 g/mol. The van der Waals surface area contributed by atoms with Gasteiger partial charge in [0.05, 0.1) is 11.3 Å². The first-order chi connectivity index (χ1) is 4.59. The molecule has 2 atom stereocenters. The van der Waals surface area contributed by atoms with Crippen molar-refractivity contribution in [3.63, 3.8) is 0 Å². The van der Waals surface area contributed by atoms with Gasteiger partial charge in [0, 0.05) is 0 Å². The predicted molar refractivity (Wildman–Crippen MR) is 38.8 cm³/mol. The SMILES string of the molecule is CC(C(=O)O)C(S)NC=O. The second-order valence-electron chi connectivity index (χ2n) is 1.86. The first kappa shape index (κ1) is 9.29. The molecule has 0 aromatic heterocycles. The molecule has 10 heavy (non-hydrogen) atoms. The lowest BCUT2D eigenvalue weighted by Crippen LogP contribution is -2.33. The van der Waals surface area contributed by atoms with Gasteiger partial charge >= 0.3 is 5.97 Å². The molecule has 5 heteroatoms. The lowest BCUT2D eigenvalue weighted by molar-refractivity contribution is -0.141. The van der Waals surface area contributed by atoms with Crippen LogP contribution in [-0.4, -0.2) is 22.9 Å². The van der Waals surface area contributed by atoms with Gasteiger partial charge in [0.1, 0.15) is 0 Å². The minimum atomic E-state index is -0.977. The van der Waals surface area contributed by atoms with E-state index in [-0.39, 0.29) is 0 Å². The first-order valence-electron chi connectivity index (χ1n) is 2.70. The molecule has 0 aliphatic rings. The molecule has 0 aromatic rings. The van der Waals surface area contributed by atoms with E-state index in [0.717, 1.165) is 0 Å². The Hall–Kier alpha value is -0.710. The van der Waals surface area contributed by atoms with Crippen LogP contribution in [0.4, 0.5) is 0 Å². The maximum atomic E-state index is 10.2. The highest BCUT2D eigenvalue weighted by Gasteiger charge is 2.18. The van der Waals surface area contributed by atoms with Crippen molar-refractivity contribution in [2.24, 2.45) is 5.92 Å². The average Bonchev–Trinajstić information content (AvgIpc) is 1.87. The molecule has 58 valence electrons. The fraction of sp³-hybridized carbons (Fsp3) is 0.600. The van der Waals surface area contributed by atoms with Crippen LogP contribution in [-0.2, 0) is 9.59 Å². The van der Waals surface area contributed by atoms with E-state index in [1.54, 1.807) is 0 Å². The number of carbonyl (C=O) groups is 2. The minimum absolute atomic E-state index is 0.428. The van der Waals surface area contributed by atoms with Crippen molar-refractivity contribution in [1.29, 1.82) is 0 Å². The third-order valence-corrected chi connectivity index (χ3v) is 1.70. The number of carboxylic acids is 1. The van der Waals surface area contributed by atoms with Crippen LogP contribution in [0.3, 0.4) is 0 Å². The number of aliphatic carboxylic acids is 1. The number of thiol groups is 1. The molecule has 0 spiro atoms. The summed E-state index contributed by atoms with van der Waals surface area (Å²) in [7, 11) is 0. The van der Waals surface area contributed by atoms with Crippen molar-refractivity contribution < 1.29 is 14.7 Å². The molecule has 0 fully saturated rings. The highest BCUT2D eigenvalue weighted by molar-refractivity contribution is 7.81. The van der Waals surface area contributed by atoms with Crippen molar-refractivity contribution in [2.75, 3.05) is 0 Å². The summed E-state index contributed by atoms with van der Waals surface area (Å²) in [5, 5.41) is 9.99. The van der Waals surface area contributed by atoms with Crippen LogP contribution in [0.15, 0.2) is 0 Å². The Morgan fingerprint density at radius 1 is 1.80 bits per heavy atom. The third-order valence-electron chi connectivity index (χ3n) is 1.10. The van der Waals surface area contributed by atoms with E-state index in [1.165, 1.54) is 6.92 Å². The van der Waals surface area contributed by atoms with Crippen LogP contribution >= 0.6 is 12.6 Å². The largest absolute Gasteiger partial charge is 0.481 e. The number of hydrogen-bond donors (Lipinski definition) is 3. The molecule has 1 amide bonds. The second kappa shape index (κ2) is 4.16. The molecule has 0 radical (unpaired) electrons. The summed E-state index contributed by atoms with van der Waals surface area (Å²) in [5.41, 5.74) is 0. The molecule has 0 aliphatic heterocycles. The molecule has 0 aliphatic carbocycles. The number of rotatable bonds is 4. The molecule has 4 nitrogen and oxygen atoms in total. The Balaban J connectivity index is 3.80. The molecular weight excluding hydrogens is 154 g/mol. The Bertz CT molecular complexity index is 139. The van der Waals surface area contributed by atoms with Crippen molar-refractivity contribution in [3.05, 3.63) is 0 Å². The van der Waals surface area contributed by atoms with Crippen LogP contribution in [0.5, 0.6) is 0 Å². The smallest absolute Gasteiger partial charge is 0.309 e. The lowest BCUT2D eigenvalue weighted by atomic mass is 10.2. The number of carboxylic acid groups (broad SMARTS) is 1. The monoisotopic (exact) mass is 163 g/mol. The van der Waals surface area contributed by atoms with Gasteiger partial charge in [0.15, 0.2) is 0 Å². The maximum absolute atomic E-state index is 10.2. The van der Waals surface area contributed by atoms with Crippen LogP contribution in [0.25, 0.3) is 0 Å². The number of hydrogen-bond acceptors (Lipinski definition) is 3. The minimum Gasteiger partial charge on any atom is -0.481 e. The topological polar surface area (TPSA) is 66.4 Å². The summed E-state index contributed by atoms with van der Waals surface area (Å²) in [6, 6.07) is 0. The number of carbonyl (C=O) groups excluding carboxylic acids is 1. The van der Waals surface area contributed by atoms with E-state index in [2.05, 4.69) is 17.9 Å². The molecule has 2 N–H and O–H groups in total. The van der Waals surface area contributed by atoms with Gasteiger partial charge in [-0.15, -0.1) is 0 Å². The van der Waals surface area contributed by atoms with E-state index < -0.39 is 17.3 Å². The van der Waals surface area contributed by atoms with E-state index in [4.69, 9.17) is 5.11 Å². The Morgan fingerprint density at radius 2 is 2.30 bits per heavy atom. The molecule has 2 unspecified atom stereocenters. The van der Waals surface area contributed by atoms with Gasteiger partial charge in [-0.1, -0.05) is 0 Å². The van der Waals surface area contributed by atoms with Gasteiger partial charge in [-0.25, -0.2) is 0 Å². The van der Waals surface area contributed by atoms with Crippen LogP contribution in [0, 0.1) is 5.92 Å². The van der Waals surface area contributed by atoms with Crippen LogP contribution in [0.1, 0.15) is 6.92 Å². The highest BCUT2D eigenvalue weighted by Crippen LogP contribution is 2.05. The Labute approximate surface area is 64.0 Å². The number of nitrogens with one attached hydrogen (secondary N) is 1. The summed E-state index contributed by atoms with van der Waals surface area (Å²) < 4.78 is 0. The lowest BCUT2D eigenvalue weighted by Gasteiger charge is -2.12. The zero-order chi connectivity index (χ0) is 8.15. The highest BCUT2D eigenvalue weighted by atomic mass is 32.1. The van der Waals surface area contributed by atoms with Gasteiger partial charge < -0.3 is 10.4 Å². The standard InChI is InChI=1S/C5H9NO3S/c1-3(5(8)9)4(10)6-2-7/h2-4,10H,1H3,(H,6,7)(H,8,9). The molecule has 0 heterocycles. The molecule has 0 rings (SSSR count). The predicted octanol–water partition coefficient (Wildman–Crippen LogP) is -0.291. The fourth-order valence-electron chi connectivity index (χ4n) is 0.349. The van der Waals surface area contributed by atoms with Gasteiger partial charge in [-0.05, 0) is 6.92 Å². The van der Waals surface area contributed by atoms with E-state index in [0.29, 0.717) is 6.41 Å². The van der Waals surface area contributed by atoms with Crippen LogP contribution in [0.2, 0.25) is 0 Å². The molecule has 0 bridgehead atoms. The second-order valence-corrected chi connectivity index (χ2v) is 2.41. The molecular formula is C5H9NO3S. The normalized spacial score (nSPS) is 15.4. The van der Waals surface area contributed by atoms with E-state index in [1.807, 2.05) is 0 Å². The van der Waals surface area contributed by atoms with E-state index in [9.17, 15) is 9.59 Å². The maximum Gasteiger partial charge on any atom is 0.309 e. The van der Waals surface area contributed by atoms with Gasteiger partial charge in [-0.2, -0.15) is 12.6 Å². The molecule has 0 saturated carbocycles.